The highest BCUT2D eigenvalue weighted by atomic mass is 16.5. The summed E-state index contributed by atoms with van der Waals surface area (Å²) in [6, 6.07) is 18.4. The fourth-order valence-electron chi connectivity index (χ4n) is 3.00. The zero-order valence-corrected chi connectivity index (χ0v) is 15.6. The first-order valence-electron chi connectivity index (χ1n) is 9.21. The van der Waals surface area contributed by atoms with Gasteiger partial charge in [-0.3, -0.25) is 0 Å². The van der Waals surface area contributed by atoms with Crippen LogP contribution in [0.15, 0.2) is 83.3 Å². The molecule has 0 atom stereocenters. The first-order chi connectivity index (χ1) is 13.2. The summed E-state index contributed by atoms with van der Waals surface area (Å²) >= 11 is 0. The number of aromatic nitrogens is 2. The van der Waals surface area contributed by atoms with Crippen molar-refractivity contribution in [3.8, 4) is 0 Å². The van der Waals surface area contributed by atoms with Gasteiger partial charge in [0.05, 0.1) is 11.4 Å². The molecule has 0 amide bonds. The molecule has 0 spiro atoms. The molecule has 4 nitrogen and oxygen atoms in total. The molecule has 0 fully saturated rings. The number of rotatable bonds is 6. The monoisotopic (exact) mass is 357 g/mol. The highest BCUT2D eigenvalue weighted by molar-refractivity contribution is 6.11. The van der Waals surface area contributed by atoms with Crippen molar-refractivity contribution in [3.63, 3.8) is 0 Å². The molecule has 0 saturated carbocycles. The second kappa shape index (κ2) is 7.54. The lowest BCUT2D eigenvalue weighted by Gasteiger charge is -2.08. The van der Waals surface area contributed by atoms with E-state index in [0.717, 1.165) is 34.1 Å². The van der Waals surface area contributed by atoms with E-state index in [2.05, 4.69) is 48.1 Å². The van der Waals surface area contributed by atoms with E-state index in [9.17, 15) is 0 Å². The SMILES string of the molecule is CC(C)c1ccc(/C=C2\N=C(c3ccc[nH]3)C=C2OCc2ccccc2)[nH]1. The minimum atomic E-state index is 0.461. The highest BCUT2D eigenvalue weighted by Gasteiger charge is 2.18. The van der Waals surface area contributed by atoms with Crippen LogP contribution >= 0.6 is 0 Å². The van der Waals surface area contributed by atoms with Crippen LogP contribution in [-0.2, 0) is 11.3 Å². The highest BCUT2D eigenvalue weighted by Crippen LogP contribution is 2.26. The van der Waals surface area contributed by atoms with E-state index in [1.165, 1.54) is 5.69 Å². The van der Waals surface area contributed by atoms with Gasteiger partial charge in [-0.2, -0.15) is 0 Å². The lowest BCUT2D eigenvalue weighted by Crippen LogP contribution is -1.95. The van der Waals surface area contributed by atoms with Crippen molar-refractivity contribution in [3.05, 3.63) is 101 Å². The van der Waals surface area contributed by atoms with Crippen molar-refractivity contribution in [2.75, 3.05) is 0 Å². The van der Waals surface area contributed by atoms with Crippen LogP contribution in [0.25, 0.3) is 6.08 Å². The molecule has 0 saturated heterocycles. The Kier molecular flexibility index (Phi) is 4.79. The molecule has 4 heteroatoms. The molecule has 3 aromatic rings. The Bertz CT molecular complexity index is 989. The van der Waals surface area contributed by atoms with Crippen LogP contribution in [0.4, 0.5) is 0 Å². The first-order valence-corrected chi connectivity index (χ1v) is 9.21. The lowest BCUT2D eigenvalue weighted by atomic mass is 10.1. The molecule has 1 aromatic carbocycles. The largest absolute Gasteiger partial charge is 0.487 e. The van der Waals surface area contributed by atoms with Crippen LogP contribution in [0.1, 0.15) is 42.4 Å². The minimum absolute atomic E-state index is 0.461. The maximum absolute atomic E-state index is 6.11. The van der Waals surface area contributed by atoms with Gasteiger partial charge in [-0.05, 0) is 41.8 Å². The van der Waals surface area contributed by atoms with Crippen LogP contribution in [-0.4, -0.2) is 15.7 Å². The molecule has 0 radical (unpaired) electrons. The van der Waals surface area contributed by atoms with Crippen LogP contribution < -0.4 is 0 Å². The second-order valence-corrected chi connectivity index (χ2v) is 6.92. The standard InChI is InChI=1S/C23H23N3O/c1-16(2)19-11-10-18(25-19)13-22-23(27-15-17-7-4-3-5-8-17)14-21(26-22)20-9-6-12-24-20/h3-14,16,24-25H,15H2,1-2H3/b22-13-. The number of hydrogen-bond acceptors (Lipinski definition) is 2. The Hall–Kier alpha value is -3.27. The van der Waals surface area contributed by atoms with Crippen molar-refractivity contribution >= 4 is 11.8 Å². The van der Waals surface area contributed by atoms with Gasteiger partial charge in [0.15, 0.2) is 0 Å². The van der Waals surface area contributed by atoms with E-state index in [-0.39, 0.29) is 0 Å². The van der Waals surface area contributed by atoms with Gasteiger partial charge in [-0.25, -0.2) is 4.99 Å². The number of nitrogens with one attached hydrogen (secondary N) is 2. The number of benzene rings is 1. The van der Waals surface area contributed by atoms with Gasteiger partial charge in [0.1, 0.15) is 18.1 Å². The Morgan fingerprint density at radius 2 is 1.89 bits per heavy atom. The van der Waals surface area contributed by atoms with Gasteiger partial charge in [0.25, 0.3) is 0 Å². The summed E-state index contributed by atoms with van der Waals surface area (Å²) in [6.07, 6.45) is 5.93. The van der Waals surface area contributed by atoms with Gasteiger partial charge >= 0.3 is 0 Å². The average Bonchev–Trinajstić information content (AvgIpc) is 3.42. The normalized spacial score (nSPS) is 15.3. The quantitative estimate of drug-likeness (QED) is 0.609. The summed E-state index contributed by atoms with van der Waals surface area (Å²) in [6.45, 7) is 4.86. The maximum atomic E-state index is 6.11. The summed E-state index contributed by atoms with van der Waals surface area (Å²) in [5, 5.41) is 0. The third kappa shape index (κ3) is 3.95. The van der Waals surface area contributed by atoms with Crippen molar-refractivity contribution in [2.45, 2.75) is 26.4 Å². The maximum Gasteiger partial charge on any atom is 0.147 e. The summed E-state index contributed by atoms with van der Waals surface area (Å²) < 4.78 is 6.11. The smallest absolute Gasteiger partial charge is 0.147 e. The summed E-state index contributed by atoms with van der Waals surface area (Å²) in [5.74, 6) is 1.24. The molecule has 4 rings (SSSR count). The number of H-pyrrole nitrogens is 2. The number of aromatic amines is 2. The molecule has 2 N–H and O–H groups in total. The molecule has 0 bridgehead atoms. The molecule has 0 aliphatic carbocycles. The Labute approximate surface area is 159 Å². The van der Waals surface area contributed by atoms with Crippen LogP contribution in [0.3, 0.4) is 0 Å². The molecule has 3 heterocycles. The fraction of sp³-hybridized carbons (Fsp3) is 0.174. The molecule has 1 aliphatic heterocycles. The van der Waals surface area contributed by atoms with Crippen LogP contribution in [0.2, 0.25) is 0 Å². The molecular weight excluding hydrogens is 334 g/mol. The predicted octanol–water partition coefficient (Wildman–Crippen LogP) is 5.41. The molecule has 27 heavy (non-hydrogen) atoms. The van der Waals surface area contributed by atoms with Gasteiger partial charge < -0.3 is 14.7 Å². The lowest BCUT2D eigenvalue weighted by molar-refractivity contribution is 0.208. The number of allylic oxidation sites excluding steroid dienone is 1. The van der Waals surface area contributed by atoms with E-state index in [1.54, 1.807) is 0 Å². The second-order valence-electron chi connectivity index (χ2n) is 6.92. The molecule has 2 aromatic heterocycles. The van der Waals surface area contributed by atoms with Gasteiger partial charge in [0, 0.05) is 23.7 Å². The number of hydrogen-bond donors (Lipinski definition) is 2. The summed E-state index contributed by atoms with van der Waals surface area (Å²) in [4.78, 5) is 11.4. The average molecular weight is 357 g/mol. The van der Waals surface area contributed by atoms with E-state index >= 15 is 0 Å². The predicted molar refractivity (Wildman–Crippen MR) is 110 cm³/mol. The van der Waals surface area contributed by atoms with Crippen molar-refractivity contribution in [2.24, 2.45) is 4.99 Å². The zero-order chi connectivity index (χ0) is 18.6. The van der Waals surface area contributed by atoms with E-state index in [0.29, 0.717) is 12.5 Å². The van der Waals surface area contributed by atoms with Gasteiger partial charge in [-0.15, -0.1) is 0 Å². The topological polar surface area (TPSA) is 53.2 Å². The molecule has 136 valence electrons. The van der Waals surface area contributed by atoms with E-state index < -0.39 is 0 Å². The molecular formula is C23H23N3O. The third-order valence-electron chi connectivity index (χ3n) is 4.52. The van der Waals surface area contributed by atoms with Crippen molar-refractivity contribution in [1.29, 1.82) is 0 Å². The van der Waals surface area contributed by atoms with Crippen LogP contribution in [0.5, 0.6) is 0 Å². The Morgan fingerprint density at radius 1 is 1.04 bits per heavy atom. The van der Waals surface area contributed by atoms with Crippen LogP contribution in [0, 0.1) is 0 Å². The Morgan fingerprint density at radius 3 is 2.59 bits per heavy atom. The van der Waals surface area contributed by atoms with Gasteiger partial charge in [0.2, 0.25) is 0 Å². The van der Waals surface area contributed by atoms with E-state index in [1.807, 2.05) is 48.7 Å². The molecule has 1 aliphatic rings. The number of ether oxygens (including phenoxy) is 1. The van der Waals surface area contributed by atoms with Crippen molar-refractivity contribution < 1.29 is 4.74 Å². The first kappa shape index (κ1) is 17.2. The number of aliphatic imine (C=N–C) groups is 1. The number of nitrogens with zero attached hydrogens (tertiary/aromatic N) is 1. The Balaban J connectivity index is 1.61. The van der Waals surface area contributed by atoms with E-state index in [4.69, 9.17) is 9.73 Å². The minimum Gasteiger partial charge on any atom is -0.487 e. The van der Waals surface area contributed by atoms with Crippen molar-refractivity contribution in [1.82, 2.24) is 9.97 Å². The van der Waals surface area contributed by atoms with Gasteiger partial charge in [-0.1, -0.05) is 44.2 Å². The zero-order valence-electron chi connectivity index (χ0n) is 15.6. The summed E-state index contributed by atoms with van der Waals surface area (Å²) in [7, 11) is 0. The third-order valence-corrected chi connectivity index (χ3v) is 4.52. The summed E-state index contributed by atoms with van der Waals surface area (Å²) in [5.41, 5.74) is 6.06. The fourth-order valence-corrected chi connectivity index (χ4v) is 3.00. The molecule has 0 unspecified atom stereocenters.